The van der Waals surface area contributed by atoms with Gasteiger partial charge in [-0.15, -0.1) is 0 Å². The van der Waals surface area contributed by atoms with Crippen molar-refractivity contribution in [2.24, 2.45) is 5.92 Å². The summed E-state index contributed by atoms with van der Waals surface area (Å²) in [6.45, 7) is 2.75. The van der Waals surface area contributed by atoms with Gasteiger partial charge in [0, 0.05) is 32.1 Å². The smallest absolute Gasteiger partial charge is 0.242 e. The molecule has 24 heavy (non-hydrogen) atoms. The SMILES string of the molecule is O=C1C2C(O)C(CN1Cc1ccccc1)CN2Cc1ccccc1. The van der Waals surface area contributed by atoms with Crippen molar-refractivity contribution < 1.29 is 9.90 Å². The highest BCUT2D eigenvalue weighted by Crippen LogP contribution is 2.33. The number of hydrogen-bond acceptors (Lipinski definition) is 3. The molecule has 2 heterocycles. The van der Waals surface area contributed by atoms with Gasteiger partial charge in [0.15, 0.2) is 0 Å². The fraction of sp³-hybridized carbons (Fsp3) is 0.350. The monoisotopic (exact) mass is 322 g/mol. The fourth-order valence-corrected chi connectivity index (χ4v) is 3.95. The topological polar surface area (TPSA) is 43.8 Å². The van der Waals surface area contributed by atoms with Gasteiger partial charge in [0.2, 0.25) is 5.91 Å². The maximum atomic E-state index is 12.9. The summed E-state index contributed by atoms with van der Waals surface area (Å²) in [5, 5.41) is 10.5. The summed E-state index contributed by atoms with van der Waals surface area (Å²) in [5.74, 6) is 0.191. The lowest BCUT2D eigenvalue weighted by molar-refractivity contribution is -0.144. The highest BCUT2D eigenvalue weighted by atomic mass is 16.3. The van der Waals surface area contributed by atoms with Crippen LogP contribution in [0.1, 0.15) is 11.1 Å². The third-order valence-corrected chi connectivity index (χ3v) is 5.13. The number of hydrogen-bond donors (Lipinski definition) is 1. The molecule has 4 nitrogen and oxygen atoms in total. The first kappa shape index (κ1) is 15.4. The summed E-state index contributed by atoms with van der Waals surface area (Å²) >= 11 is 0. The van der Waals surface area contributed by atoms with Crippen LogP contribution in [0, 0.1) is 5.92 Å². The second-order valence-electron chi connectivity index (χ2n) is 6.81. The van der Waals surface area contributed by atoms with Gasteiger partial charge in [-0.1, -0.05) is 60.7 Å². The van der Waals surface area contributed by atoms with Crippen LogP contribution in [0.3, 0.4) is 0 Å². The first-order valence-corrected chi connectivity index (χ1v) is 8.51. The van der Waals surface area contributed by atoms with Crippen LogP contribution >= 0.6 is 0 Å². The van der Waals surface area contributed by atoms with E-state index in [-0.39, 0.29) is 11.8 Å². The maximum absolute atomic E-state index is 12.9. The molecule has 2 aromatic carbocycles. The number of likely N-dealkylation sites (tertiary alicyclic amines) is 2. The van der Waals surface area contributed by atoms with Crippen LogP contribution in [0.15, 0.2) is 60.7 Å². The molecule has 2 bridgehead atoms. The molecule has 0 aromatic heterocycles. The summed E-state index contributed by atoms with van der Waals surface area (Å²) in [6.07, 6.45) is -0.548. The molecular weight excluding hydrogens is 300 g/mol. The van der Waals surface area contributed by atoms with Crippen molar-refractivity contribution >= 4 is 5.91 Å². The van der Waals surface area contributed by atoms with Gasteiger partial charge in [-0.2, -0.15) is 0 Å². The normalized spacial score (nSPS) is 26.8. The van der Waals surface area contributed by atoms with Gasteiger partial charge >= 0.3 is 0 Å². The number of rotatable bonds is 4. The highest BCUT2D eigenvalue weighted by Gasteiger charge is 2.50. The standard InChI is InChI=1S/C20H22N2O2/c23-19-17-13-21(11-15-7-3-1-4-8-15)18(19)20(24)22(14-17)12-16-9-5-2-6-10-16/h1-10,17-19,23H,11-14H2. The van der Waals surface area contributed by atoms with Gasteiger partial charge in [0.25, 0.3) is 0 Å². The Kier molecular flexibility index (Phi) is 4.08. The zero-order valence-electron chi connectivity index (χ0n) is 13.6. The molecule has 2 aromatic rings. The summed E-state index contributed by atoms with van der Waals surface area (Å²) in [6, 6.07) is 19.8. The van der Waals surface area contributed by atoms with E-state index in [9.17, 15) is 9.90 Å². The molecule has 0 saturated carbocycles. The predicted octanol–water partition coefficient (Wildman–Crippen LogP) is 1.89. The number of benzene rings is 2. The van der Waals surface area contributed by atoms with Crippen molar-refractivity contribution in [3.05, 3.63) is 71.8 Å². The molecule has 2 fully saturated rings. The number of aliphatic hydroxyl groups excluding tert-OH is 1. The summed E-state index contributed by atoms with van der Waals surface area (Å²) in [4.78, 5) is 17.0. The Bertz CT molecular complexity index is 704. The van der Waals surface area contributed by atoms with Crippen molar-refractivity contribution in [2.45, 2.75) is 25.2 Å². The van der Waals surface area contributed by atoms with Crippen LogP contribution < -0.4 is 0 Å². The number of amides is 1. The van der Waals surface area contributed by atoms with E-state index in [1.807, 2.05) is 53.4 Å². The molecule has 2 aliphatic rings. The second kappa shape index (κ2) is 6.38. The zero-order valence-corrected chi connectivity index (χ0v) is 13.6. The molecule has 124 valence electrons. The molecule has 3 unspecified atom stereocenters. The molecule has 1 N–H and O–H groups in total. The Labute approximate surface area is 142 Å². The van der Waals surface area contributed by atoms with Crippen LogP contribution in [0.5, 0.6) is 0 Å². The summed E-state index contributed by atoms with van der Waals surface area (Å²) in [7, 11) is 0. The van der Waals surface area contributed by atoms with Gasteiger partial charge in [-0.3, -0.25) is 9.69 Å². The lowest BCUT2D eigenvalue weighted by Gasteiger charge is -2.35. The maximum Gasteiger partial charge on any atom is 0.242 e. The van der Waals surface area contributed by atoms with E-state index in [0.717, 1.165) is 12.1 Å². The van der Waals surface area contributed by atoms with Gasteiger partial charge in [0.05, 0.1) is 6.10 Å². The zero-order chi connectivity index (χ0) is 16.5. The van der Waals surface area contributed by atoms with Crippen LogP contribution in [0.25, 0.3) is 0 Å². The molecule has 2 saturated heterocycles. The van der Waals surface area contributed by atoms with Crippen LogP contribution in [0.2, 0.25) is 0 Å². The number of aliphatic hydroxyl groups is 1. The van der Waals surface area contributed by atoms with E-state index < -0.39 is 12.1 Å². The molecule has 0 aliphatic carbocycles. The van der Waals surface area contributed by atoms with Crippen molar-refractivity contribution in [2.75, 3.05) is 13.1 Å². The van der Waals surface area contributed by atoms with E-state index in [1.54, 1.807) is 0 Å². The van der Waals surface area contributed by atoms with E-state index in [1.165, 1.54) is 5.56 Å². The molecule has 3 atom stereocenters. The third kappa shape index (κ3) is 2.83. The van der Waals surface area contributed by atoms with Gasteiger partial charge in [-0.25, -0.2) is 0 Å². The van der Waals surface area contributed by atoms with E-state index in [4.69, 9.17) is 0 Å². The summed E-state index contributed by atoms with van der Waals surface area (Å²) < 4.78 is 0. The van der Waals surface area contributed by atoms with Gasteiger partial charge in [0.1, 0.15) is 6.04 Å². The Morgan fingerprint density at radius 2 is 1.46 bits per heavy atom. The van der Waals surface area contributed by atoms with Crippen molar-refractivity contribution in [1.29, 1.82) is 0 Å². The number of carbonyl (C=O) groups excluding carboxylic acids is 1. The average Bonchev–Trinajstić information content (AvgIpc) is 2.82. The molecule has 4 heteroatoms. The first-order valence-electron chi connectivity index (χ1n) is 8.51. The molecule has 2 aliphatic heterocycles. The molecule has 1 amide bonds. The predicted molar refractivity (Wildman–Crippen MR) is 92.0 cm³/mol. The van der Waals surface area contributed by atoms with E-state index in [0.29, 0.717) is 19.6 Å². The largest absolute Gasteiger partial charge is 0.391 e. The van der Waals surface area contributed by atoms with Crippen molar-refractivity contribution in [1.82, 2.24) is 9.80 Å². The minimum Gasteiger partial charge on any atom is -0.391 e. The Morgan fingerprint density at radius 3 is 2.08 bits per heavy atom. The lowest BCUT2D eigenvalue weighted by atomic mass is 9.95. The van der Waals surface area contributed by atoms with Crippen LogP contribution in [0.4, 0.5) is 0 Å². The second-order valence-corrected chi connectivity index (χ2v) is 6.81. The van der Waals surface area contributed by atoms with Gasteiger partial charge < -0.3 is 10.0 Å². The molecule has 0 spiro atoms. The van der Waals surface area contributed by atoms with E-state index >= 15 is 0 Å². The van der Waals surface area contributed by atoms with Crippen LogP contribution in [-0.2, 0) is 17.9 Å². The van der Waals surface area contributed by atoms with Crippen molar-refractivity contribution in [3.8, 4) is 0 Å². The number of fused-ring (bicyclic) bond motifs is 2. The lowest BCUT2D eigenvalue weighted by Crippen LogP contribution is -2.54. The summed E-state index contributed by atoms with van der Waals surface area (Å²) in [5.41, 5.74) is 2.32. The number of piperidine rings is 1. The number of carbonyl (C=O) groups is 1. The Balaban J connectivity index is 1.51. The fourth-order valence-electron chi connectivity index (χ4n) is 3.95. The molecule has 0 radical (unpaired) electrons. The van der Waals surface area contributed by atoms with Gasteiger partial charge in [-0.05, 0) is 11.1 Å². The molecular formula is C20H22N2O2. The Morgan fingerprint density at radius 1 is 0.875 bits per heavy atom. The first-order chi connectivity index (χ1) is 11.7. The van der Waals surface area contributed by atoms with Crippen LogP contribution in [-0.4, -0.2) is 46.0 Å². The minimum absolute atomic E-state index is 0.0519. The van der Waals surface area contributed by atoms with Crippen molar-refractivity contribution in [3.63, 3.8) is 0 Å². The Hall–Kier alpha value is -2.17. The average molecular weight is 322 g/mol. The number of nitrogens with zero attached hydrogens (tertiary/aromatic N) is 2. The third-order valence-electron chi connectivity index (χ3n) is 5.13. The van der Waals surface area contributed by atoms with E-state index in [2.05, 4.69) is 17.0 Å². The quantitative estimate of drug-likeness (QED) is 0.935. The molecule has 4 rings (SSSR count). The minimum atomic E-state index is -0.548. The highest BCUT2D eigenvalue weighted by molar-refractivity contribution is 5.84.